The van der Waals surface area contributed by atoms with Crippen LogP contribution >= 0.6 is 11.8 Å². The van der Waals surface area contributed by atoms with Gasteiger partial charge in [-0.1, -0.05) is 6.42 Å². The maximum absolute atomic E-state index is 12.4. The molecule has 3 heterocycles. The van der Waals surface area contributed by atoms with Crippen LogP contribution in [0.3, 0.4) is 0 Å². The van der Waals surface area contributed by atoms with Gasteiger partial charge in [0.25, 0.3) is 0 Å². The van der Waals surface area contributed by atoms with Crippen molar-refractivity contribution < 1.29 is 33.0 Å². The quantitative estimate of drug-likeness (QED) is 0.270. The summed E-state index contributed by atoms with van der Waals surface area (Å²) in [6.07, 6.45) is 2.83. The van der Waals surface area contributed by atoms with Gasteiger partial charge in [0.05, 0.1) is 19.2 Å². The van der Waals surface area contributed by atoms with Crippen molar-refractivity contribution >= 4 is 29.7 Å². The number of nitrogens with one attached hydrogen (secondary N) is 2. The number of unbranched alkanes of at least 4 members (excludes halogenated alkanes) is 1. The summed E-state index contributed by atoms with van der Waals surface area (Å²) >= 11 is 1.86. The molecule has 2 aliphatic heterocycles. The summed E-state index contributed by atoms with van der Waals surface area (Å²) in [5.41, 5.74) is 0.792. The van der Waals surface area contributed by atoms with Gasteiger partial charge >= 0.3 is 18.0 Å². The zero-order valence-electron chi connectivity index (χ0n) is 19.7. The lowest BCUT2D eigenvalue weighted by Crippen LogP contribution is -2.36. The molecule has 0 unspecified atom stereocenters. The third-order valence-corrected chi connectivity index (χ3v) is 7.47. The minimum absolute atomic E-state index is 0.0211. The van der Waals surface area contributed by atoms with Crippen LogP contribution in [0.2, 0.25) is 0 Å². The fourth-order valence-electron chi connectivity index (χ4n) is 4.13. The maximum Gasteiger partial charge on any atom is 0.360 e. The van der Waals surface area contributed by atoms with Gasteiger partial charge in [0.1, 0.15) is 24.7 Å². The summed E-state index contributed by atoms with van der Waals surface area (Å²) in [6.45, 7) is 1.55. The molecule has 0 spiro atoms. The number of nitrogens with zero attached hydrogens (tertiary/aromatic N) is 1. The van der Waals surface area contributed by atoms with E-state index in [0.717, 1.165) is 18.6 Å². The number of aromatic nitrogens is 1. The zero-order valence-corrected chi connectivity index (χ0v) is 20.5. The van der Waals surface area contributed by atoms with Gasteiger partial charge in [-0.25, -0.2) is 14.6 Å². The number of rotatable bonds is 11. The van der Waals surface area contributed by atoms with Crippen molar-refractivity contribution in [2.24, 2.45) is 0 Å². The Kier molecular flexibility index (Phi) is 8.17. The normalized spacial score (nSPS) is 20.6. The molecule has 0 bridgehead atoms. The van der Waals surface area contributed by atoms with E-state index >= 15 is 0 Å². The van der Waals surface area contributed by atoms with Gasteiger partial charge in [-0.05, 0) is 44.0 Å². The average Bonchev–Trinajstić information content (AvgIpc) is 3.53. The van der Waals surface area contributed by atoms with Crippen LogP contribution in [0.4, 0.5) is 4.79 Å². The fraction of sp³-hybridized carbons (Fsp3) is 0.500. The fourth-order valence-corrected chi connectivity index (χ4v) is 5.67. The smallest absolute Gasteiger partial charge is 0.360 e. The van der Waals surface area contributed by atoms with Gasteiger partial charge in [-0.2, -0.15) is 11.8 Å². The van der Waals surface area contributed by atoms with Crippen molar-refractivity contribution in [1.29, 1.82) is 0 Å². The number of carbonyl (C=O) groups is 3. The molecular weight excluding hydrogens is 474 g/mol. The number of carbonyl (C=O) groups excluding carboxylic acids is 3. The summed E-state index contributed by atoms with van der Waals surface area (Å²) < 4.78 is 21.1. The van der Waals surface area contributed by atoms with E-state index in [4.69, 9.17) is 18.6 Å². The molecule has 3 atom stereocenters. The number of fused-ring (bicyclic) bond motifs is 1. The lowest BCUT2D eigenvalue weighted by molar-refractivity contribution is -0.144. The standard InChI is InChI=1S/C24H29N3O7S/c1-14-20(26-22(34-14)15-7-9-16(31-2)10-8-15)23(29)33-12-11-32-19(28)6-4-3-5-18-21-17(13-35-18)25-24(30)27-21/h7-10,17-18,21H,3-6,11-13H2,1-2H3,(H2,25,27,30)/t17-,18-,21-/m0/s1. The Labute approximate surface area is 207 Å². The lowest BCUT2D eigenvalue weighted by Gasteiger charge is -2.16. The first kappa shape index (κ1) is 24.9. The molecular formula is C24H29N3O7S. The molecule has 4 rings (SSSR count). The predicted octanol–water partition coefficient (Wildman–Crippen LogP) is 3.08. The van der Waals surface area contributed by atoms with E-state index in [-0.39, 0.29) is 43.0 Å². The number of esters is 2. The molecule has 1 aromatic heterocycles. The first-order valence-corrected chi connectivity index (χ1v) is 12.6. The molecule has 2 N–H and O–H groups in total. The Hall–Kier alpha value is -3.21. The summed E-state index contributed by atoms with van der Waals surface area (Å²) in [6, 6.07) is 7.41. The van der Waals surface area contributed by atoms with Gasteiger partial charge in [0, 0.05) is 23.0 Å². The highest BCUT2D eigenvalue weighted by Crippen LogP contribution is 2.33. The first-order valence-electron chi connectivity index (χ1n) is 11.6. The van der Waals surface area contributed by atoms with Crippen LogP contribution in [-0.2, 0) is 14.3 Å². The molecule has 0 saturated carbocycles. The van der Waals surface area contributed by atoms with E-state index < -0.39 is 5.97 Å². The number of methoxy groups -OCH3 is 1. The zero-order chi connectivity index (χ0) is 24.8. The molecule has 2 aliphatic rings. The Morgan fingerprint density at radius 3 is 2.69 bits per heavy atom. The van der Waals surface area contributed by atoms with Crippen molar-refractivity contribution in [1.82, 2.24) is 15.6 Å². The third kappa shape index (κ3) is 6.27. The minimum Gasteiger partial charge on any atom is -0.497 e. The number of hydrogen-bond donors (Lipinski definition) is 2. The highest BCUT2D eigenvalue weighted by Gasteiger charge is 2.42. The van der Waals surface area contributed by atoms with Gasteiger partial charge < -0.3 is 29.3 Å². The van der Waals surface area contributed by atoms with Crippen LogP contribution in [-0.4, -0.2) is 66.4 Å². The largest absolute Gasteiger partial charge is 0.497 e. The number of aryl methyl sites for hydroxylation is 1. The molecule has 0 radical (unpaired) electrons. The summed E-state index contributed by atoms with van der Waals surface area (Å²) in [7, 11) is 1.58. The van der Waals surface area contributed by atoms with Gasteiger partial charge in [0.15, 0.2) is 5.69 Å². The van der Waals surface area contributed by atoms with E-state index in [1.165, 1.54) is 0 Å². The Morgan fingerprint density at radius 2 is 1.91 bits per heavy atom. The molecule has 2 amide bonds. The Balaban J connectivity index is 1.11. The van der Waals surface area contributed by atoms with Crippen LogP contribution in [0, 0.1) is 6.92 Å². The molecule has 0 aliphatic carbocycles. The number of hydrogen-bond acceptors (Lipinski definition) is 9. The molecule has 10 nitrogen and oxygen atoms in total. The van der Waals surface area contributed by atoms with Crippen LogP contribution < -0.4 is 15.4 Å². The third-order valence-electron chi connectivity index (χ3n) is 5.96. The first-order chi connectivity index (χ1) is 16.9. The Bertz CT molecular complexity index is 1060. The van der Waals surface area contributed by atoms with Crippen molar-refractivity contribution in [3.05, 3.63) is 35.7 Å². The van der Waals surface area contributed by atoms with E-state index in [2.05, 4.69) is 15.6 Å². The minimum atomic E-state index is -0.636. The topological polar surface area (TPSA) is 129 Å². The molecule has 1 aromatic carbocycles. The van der Waals surface area contributed by atoms with Gasteiger partial charge in [-0.3, -0.25) is 4.79 Å². The molecule has 35 heavy (non-hydrogen) atoms. The molecule has 188 valence electrons. The second-order valence-corrected chi connectivity index (χ2v) is 9.65. The maximum atomic E-state index is 12.4. The molecule has 11 heteroatoms. The van der Waals surface area contributed by atoms with Gasteiger partial charge in [0.2, 0.25) is 5.89 Å². The number of benzene rings is 1. The van der Waals surface area contributed by atoms with Crippen molar-refractivity contribution in [3.63, 3.8) is 0 Å². The number of oxazole rings is 1. The van der Waals surface area contributed by atoms with Crippen LogP contribution in [0.25, 0.3) is 11.5 Å². The highest BCUT2D eigenvalue weighted by molar-refractivity contribution is 8.00. The number of ether oxygens (including phenoxy) is 3. The van der Waals surface area contributed by atoms with E-state index in [0.29, 0.717) is 41.1 Å². The van der Waals surface area contributed by atoms with E-state index in [9.17, 15) is 14.4 Å². The Morgan fingerprint density at radius 1 is 1.14 bits per heavy atom. The highest BCUT2D eigenvalue weighted by atomic mass is 32.2. The monoisotopic (exact) mass is 503 g/mol. The summed E-state index contributed by atoms with van der Waals surface area (Å²) in [5.74, 6) is 1.31. The van der Waals surface area contributed by atoms with Crippen molar-refractivity contribution in [2.45, 2.75) is 49.9 Å². The van der Waals surface area contributed by atoms with E-state index in [1.807, 2.05) is 11.8 Å². The second kappa shape index (κ2) is 11.5. The summed E-state index contributed by atoms with van der Waals surface area (Å²) in [5, 5.41) is 6.27. The molecule has 2 saturated heterocycles. The predicted molar refractivity (Wildman–Crippen MR) is 128 cm³/mol. The van der Waals surface area contributed by atoms with Crippen LogP contribution in [0.1, 0.15) is 41.9 Å². The van der Waals surface area contributed by atoms with Crippen molar-refractivity contribution in [2.75, 3.05) is 26.1 Å². The second-order valence-electron chi connectivity index (χ2n) is 8.38. The number of thioether (sulfide) groups is 1. The van der Waals surface area contributed by atoms with Crippen molar-refractivity contribution in [3.8, 4) is 17.2 Å². The van der Waals surface area contributed by atoms with Gasteiger partial charge in [-0.15, -0.1) is 0 Å². The van der Waals surface area contributed by atoms with Crippen LogP contribution in [0.15, 0.2) is 28.7 Å². The SMILES string of the molecule is COc1ccc(-c2nc(C(=O)OCCOC(=O)CCCC[C@@H]3SC[C@@H]4NC(=O)N[C@@H]43)c(C)o2)cc1. The lowest BCUT2D eigenvalue weighted by atomic mass is 10.0. The number of amides is 2. The molecule has 2 aromatic rings. The number of urea groups is 1. The average molecular weight is 504 g/mol. The van der Waals surface area contributed by atoms with E-state index in [1.54, 1.807) is 38.3 Å². The van der Waals surface area contributed by atoms with Crippen LogP contribution in [0.5, 0.6) is 5.75 Å². The molecule has 2 fully saturated rings. The summed E-state index contributed by atoms with van der Waals surface area (Å²) in [4.78, 5) is 40.0.